The first-order valence-electron chi connectivity index (χ1n) is 7.53. The van der Waals surface area contributed by atoms with Gasteiger partial charge in [0, 0.05) is 0 Å². The van der Waals surface area contributed by atoms with Crippen molar-refractivity contribution in [3.63, 3.8) is 0 Å². The van der Waals surface area contributed by atoms with Crippen molar-refractivity contribution in [3.8, 4) is 5.75 Å². The van der Waals surface area contributed by atoms with Crippen LogP contribution in [0.2, 0.25) is 0 Å². The van der Waals surface area contributed by atoms with Crippen molar-refractivity contribution in [1.82, 2.24) is 4.90 Å². The number of fused-ring (bicyclic) bond motifs is 4. The molecule has 0 aliphatic carbocycles. The Kier molecular flexibility index (Phi) is 3.11. The average molecular weight is 313 g/mol. The second-order valence-electron chi connectivity index (χ2n) is 5.38. The van der Waals surface area contributed by atoms with E-state index in [1.807, 2.05) is 6.07 Å². The minimum absolute atomic E-state index is 0.135. The van der Waals surface area contributed by atoms with E-state index in [2.05, 4.69) is 0 Å². The fraction of sp³-hybridized carbons (Fsp3) is 0.294. The van der Waals surface area contributed by atoms with Crippen LogP contribution in [0.15, 0.2) is 47.4 Å². The molecule has 0 spiro atoms. The quantitative estimate of drug-likeness (QED) is 0.773. The number of hydrogen-bond acceptors (Lipinski definition) is 6. The highest BCUT2D eigenvalue weighted by molar-refractivity contribution is 6.13. The van der Waals surface area contributed by atoms with Crippen molar-refractivity contribution >= 4 is 11.8 Å². The first-order chi connectivity index (χ1) is 11.2. The molecule has 3 heterocycles. The number of para-hydroxylation sites is 1. The first kappa shape index (κ1) is 13.9. The van der Waals surface area contributed by atoms with Gasteiger partial charge in [-0.05, 0) is 25.1 Å². The van der Waals surface area contributed by atoms with Gasteiger partial charge in [0.05, 0.1) is 24.3 Å². The Balaban J connectivity index is 1.82. The van der Waals surface area contributed by atoms with Crippen LogP contribution in [-0.2, 0) is 14.3 Å². The number of hydrogen-bond donors (Lipinski definition) is 0. The molecule has 0 aromatic heterocycles. The molecule has 23 heavy (non-hydrogen) atoms. The Morgan fingerprint density at radius 1 is 1.39 bits per heavy atom. The fourth-order valence-electron chi connectivity index (χ4n) is 3.03. The molecule has 0 saturated carbocycles. The molecule has 0 bridgehead atoms. The Morgan fingerprint density at radius 3 is 3.04 bits per heavy atom. The highest BCUT2D eigenvalue weighted by atomic mass is 16.6. The lowest BCUT2D eigenvalue weighted by atomic mass is 9.93. The van der Waals surface area contributed by atoms with Gasteiger partial charge in [0.15, 0.2) is 5.78 Å². The van der Waals surface area contributed by atoms with Gasteiger partial charge >= 0.3 is 5.97 Å². The van der Waals surface area contributed by atoms with Crippen molar-refractivity contribution in [3.05, 3.63) is 52.9 Å². The summed E-state index contributed by atoms with van der Waals surface area (Å²) < 4.78 is 16.6. The minimum atomic E-state index is -0.562. The zero-order valence-corrected chi connectivity index (χ0v) is 12.6. The molecule has 1 unspecified atom stereocenters. The Morgan fingerprint density at radius 2 is 2.22 bits per heavy atom. The summed E-state index contributed by atoms with van der Waals surface area (Å²) >= 11 is 0. The van der Waals surface area contributed by atoms with Crippen LogP contribution in [0.1, 0.15) is 17.3 Å². The molecule has 118 valence electrons. The number of nitrogens with zero attached hydrogens (tertiary/aromatic N) is 1. The Hall–Kier alpha value is -2.76. The van der Waals surface area contributed by atoms with Gasteiger partial charge in [0.25, 0.3) is 0 Å². The zero-order chi connectivity index (χ0) is 16.0. The highest BCUT2D eigenvalue weighted by Gasteiger charge is 2.44. The SMILES string of the molecule is CCOC(=O)C1=C2OCCN2C2Oc3ccccc3C(=O)C2=C1. The van der Waals surface area contributed by atoms with E-state index in [4.69, 9.17) is 14.2 Å². The molecule has 0 radical (unpaired) electrons. The molecular weight excluding hydrogens is 298 g/mol. The van der Waals surface area contributed by atoms with Gasteiger partial charge in [-0.25, -0.2) is 4.79 Å². The maximum absolute atomic E-state index is 12.8. The number of carbonyl (C=O) groups is 2. The summed E-state index contributed by atoms with van der Waals surface area (Å²) in [6, 6.07) is 7.10. The molecule has 6 nitrogen and oxygen atoms in total. The van der Waals surface area contributed by atoms with Gasteiger partial charge in [0.2, 0.25) is 12.1 Å². The molecule has 0 N–H and O–H groups in total. The van der Waals surface area contributed by atoms with E-state index in [1.165, 1.54) is 6.08 Å². The Bertz CT molecular complexity index is 764. The predicted octanol–water partition coefficient (Wildman–Crippen LogP) is 1.63. The van der Waals surface area contributed by atoms with Crippen molar-refractivity contribution in [1.29, 1.82) is 0 Å². The third kappa shape index (κ3) is 2.02. The Labute approximate surface area is 132 Å². The number of ether oxygens (including phenoxy) is 3. The molecule has 1 saturated heterocycles. The van der Waals surface area contributed by atoms with Crippen LogP contribution in [0.3, 0.4) is 0 Å². The van der Waals surface area contributed by atoms with Crippen LogP contribution < -0.4 is 4.74 Å². The number of rotatable bonds is 2. The largest absolute Gasteiger partial charge is 0.476 e. The van der Waals surface area contributed by atoms with E-state index in [-0.39, 0.29) is 18.0 Å². The van der Waals surface area contributed by atoms with Crippen LogP contribution in [0.25, 0.3) is 0 Å². The summed E-state index contributed by atoms with van der Waals surface area (Å²) in [6.45, 7) is 2.99. The van der Waals surface area contributed by atoms with E-state index < -0.39 is 12.2 Å². The van der Waals surface area contributed by atoms with Gasteiger partial charge in [-0.2, -0.15) is 0 Å². The number of esters is 1. The first-order valence-corrected chi connectivity index (χ1v) is 7.53. The van der Waals surface area contributed by atoms with Crippen molar-refractivity contribution in [2.45, 2.75) is 13.2 Å². The fourth-order valence-corrected chi connectivity index (χ4v) is 3.03. The van der Waals surface area contributed by atoms with Crippen molar-refractivity contribution < 1.29 is 23.8 Å². The molecule has 3 aliphatic heterocycles. The molecular formula is C17H15NO5. The van der Waals surface area contributed by atoms with E-state index in [0.717, 1.165) is 0 Å². The summed E-state index contributed by atoms with van der Waals surface area (Å²) in [5, 5.41) is 0. The monoisotopic (exact) mass is 313 g/mol. The molecule has 1 aromatic rings. The predicted molar refractivity (Wildman–Crippen MR) is 79.6 cm³/mol. The summed E-state index contributed by atoms with van der Waals surface area (Å²) in [5.41, 5.74) is 1.20. The summed E-state index contributed by atoms with van der Waals surface area (Å²) in [7, 11) is 0. The van der Waals surface area contributed by atoms with Crippen LogP contribution in [-0.4, -0.2) is 42.6 Å². The molecule has 6 heteroatoms. The molecule has 1 aromatic carbocycles. The van der Waals surface area contributed by atoms with E-state index in [1.54, 1.807) is 30.0 Å². The lowest BCUT2D eigenvalue weighted by Crippen LogP contribution is -2.46. The third-order valence-electron chi connectivity index (χ3n) is 4.04. The average Bonchev–Trinajstić information content (AvgIpc) is 3.05. The molecule has 4 rings (SSSR count). The molecule has 1 fully saturated rings. The maximum Gasteiger partial charge on any atom is 0.343 e. The lowest BCUT2D eigenvalue weighted by molar-refractivity contribution is -0.138. The van der Waals surface area contributed by atoms with Gasteiger partial charge in [-0.1, -0.05) is 12.1 Å². The zero-order valence-electron chi connectivity index (χ0n) is 12.6. The van der Waals surface area contributed by atoms with Gasteiger partial charge in [-0.15, -0.1) is 0 Å². The summed E-state index contributed by atoms with van der Waals surface area (Å²) in [5.74, 6) is 0.339. The van der Waals surface area contributed by atoms with Gasteiger partial charge < -0.3 is 14.2 Å². The van der Waals surface area contributed by atoms with E-state index >= 15 is 0 Å². The van der Waals surface area contributed by atoms with Crippen LogP contribution in [0.4, 0.5) is 0 Å². The number of ketones is 1. The van der Waals surface area contributed by atoms with Crippen molar-refractivity contribution in [2.24, 2.45) is 0 Å². The van der Waals surface area contributed by atoms with E-state index in [0.29, 0.717) is 35.9 Å². The number of Topliss-reactive ketones (excluding diaryl/α,β-unsaturated/α-hetero) is 1. The van der Waals surface area contributed by atoms with Crippen LogP contribution >= 0.6 is 0 Å². The minimum Gasteiger partial charge on any atom is -0.476 e. The summed E-state index contributed by atoms with van der Waals surface area (Å²) in [6.07, 6.45) is 0.978. The van der Waals surface area contributed by atoms with Crippen LogP contribution in [0.5, 0.6) is 5.75 Å². The van der Waals surface area contributed by atoms with Crippen molar-refractivity contribution in [2.75, 3.05) is 19.8 Å². The number of carbonyl (C=O) groups excluding carboxylic acids is 2. The second-order valence-corrected chi connectivity index (χ2v) is 5.38. The highest BCUT2D eigenvalue weighted by Crippen LogP contribution is 2.38. The molecule has 0 amide bonds. The van der Waals surface area contributed by atoms with Crippen LogP contribution in [0, 0.1) is 0 Å². The maximum atomic E-state index is 12.8. The van der Waals surface area contributed by atoms with E-state index in [9.17, 15) is 9.59 Å². The lowest BCUT2D eigenvalue weighted by Gasteiger charge is -2.37. The van der Waals surface area contributed by atoms with Gasteiger partial charge in [-0.3, -0.25) is 9.69 Å². The topological polar surface area (TPSA) is 65.1 Å². The normalized spacial score (nSPS) is 21.6. The standard InChI is InChI=1S/C17H15NO5/c1-2-21-17(20)12-9-11-14(19)10-5-3-4-6-13(10)23-16(11)18-7-8-22-15(12)18/h3-6,9,16H,2,7-8H2,1H3. The second kappa shape index (κ2) is 5.15. The number of benzene rings is 1. The smallest absolute Gasteiger partial charge is 0.343 e. The molecule has 3 aliphatic rings. The molecule has 1 atom stereocenters. The van der Waals surface area contributed by atoms with Gasteiger partial charge in [0.1, 0.15) is 17.9 Å². The third-order valence-corrected chi connectivity index (χ3v) is 4.04. The summed E-state index contributed by atoms with van der Waals surface area (Å²) in [4.78, 5) is 26.8.